The minimum Gasteiger partial charge on any atom is -0.497 e. The zero-order valence-electron chi connectivity index (χ0n) is 17.3. The Balaban J connectivity index is 1.27. The normalized spacial score (nSPS) is 19.8. The lowest BCUT2D eigenvalue weighted by Gasteiger charge is -2.33. The number of methoxy groups -OCH3 is 1. The van der Waals surface area contributed by atoms with E-state index in [4.69, 9.17) is 4.74 Å². The molecule has 0 unspecified atom stereocenters. The molecule has 0 saturated carbocycles. The number of anilines is 1. The first-order valence-corrected chi connectivity index (χ1v) is 10.5. The first-order chi connectivity index (χ1) is 14.6. The van der Waals surface area contributed by atoms with E-state index in [-0.39, 0.29) is 18.0 Å². The summed E-state index contributed by atoms with van der Waals surface area (Å²) in [6.07, 6.45) is 0.322. The molecule has 2 heterocycles. The van der Waals surface area contributed by atoms with Gasteiger partial charge < -0.3 is 24.8 Å². The second-order valence-electron chi connectivity index (χ2n) is 7.96. The summed E-state index contributed by atoms with van der Waals surface area (Å²) in [5.41, 5.74) is 2.13. The van der Waals surface area contributed by atoms with E-state index in [0.29, 0.717) is 18.7 Å². The minimum atomic E-state index is -0.175. The van der Waals surface area contributed by atoms with Gasteiger partial charge in [-0.2, -0.15) is 0 Å². The second-order valence-corrected chi connectivity index (χ2v) is 7.96. The van der Waals surface area contributed by atoms with Crippen LogP contribution in [0.15, 0.2) is 54.6 Å². The predicted octanol–water partition coefficient (Wildman–Crippen LogP) is 0.911. The van der Waals surface area contributed by atoms with Crippen molar-refractivity contribution in [2.75, 3.05) is 44.7 Å². The summed E-state index contributed by atoms with van der Waals surface area (Å²) < 4.78 is 5.25. The maximum Gasteiger partial charge on any atom is 0.318 e. The van der Waals surface area contributed by atoms with Crippen molar-refractivity contribution in [2.24, 2.45) is 0 Å². The van der Waals surface area contributed by atoms with Crippen LogP contribution in [0.3, 0.4) is 0 Å². The summed E-state index contributed by atoms with van der Waals surface area (Å²) in [4.78, 5) is 30.3. The largest absolute Gasteiger partial charge is 0.497 e. The molecule has 4 rings (SSSR count). The number of hydrogen-bond acceptors (Lipinski definition) is 3. The molecule has 0 spiro atoms. The second kappa shape index (κ2) is 9.17. The number of urea groups is 1. The van der Waals surface area contributed by atoms with E-state index in [1.165, 1.54) is 10.5 Å². The molecule has 7 heteroatoms. The molecule has 30 heavy (non-hydrogen) atoms. The van der Waals surface area contributed by atoms with E-state index in [9.17, 15) is 9.59 Å². The molecule has 2 fully saturated rings. The molecular weight excluding hydrogens is 380 g/mol. The molecule has 0 aromatic heterocycles. The highest BCUT2D eigenvalue weighted by atomic mass is 16.5. The van der Waals surface area contributed by atoms with Crippen LogP contribution in [0.5, 0.6) is 5.75 Å². The summed E-state index contributed by atoms with van der Waals surface area (Å²) in [6.45, 7) is 4.80. The zero-order valence-corrected chi connectivity index (χ0v) is 17.3. The third-order valence-electron chi connectivity index (χ3n) is 5.87. The average molecular weight is 410 g/mol. The van der Waals surface area contributed by atoms with Crippen molar-refractivity contribution >= 4 is 17.6 Å². The monoisotopic (exact) mass is 409 g/mol. The maximum atomic E-state index is 12.7. The number of carbonyl (C=O) groups is 2. The third-order valence-corrected chi connectivity index (χ3v) is 5.87. The number of piperazine rings is 1. The van der Waals surface area contributed by atoms with Crippen LogP contribution in [-0.2, 0) is 11.3 Å². The van der Waals surface area contributed by atoms with Crippen LogP contribution in [0.25, 0.3) is 0 Å². The predicted molar refractivity (Wildman–Crippen MR) is 115 cm³/mol. The van der Waals surface area contributed by atoms with Crippen molar-refractivity contribution in [3.8, 4) is 5.75 Å². The number of amides is 3. The molecule has 3 amide bonds. The summed E-state index contributed by atoms with van der Waals surface area (Å²) in [6, 6.07) is 17.7. The fourth-order valence-electron chi connectivity index (χ4n) is 4.19. The Hall–Kier alpha value is -3.06. The van der Waals surface area contributed by atoms with Crippen molar-refractivity contribution in [1.29, 1.82) is 0 Å². The number of rotatable bonds is 5. The summed E-state index contributed by atoms with van der Waals surface area (Å²) in [7, 11) is 1.61. The van der Waals surface area contributed by atoms with Crippen molar-refractivity contribution < 1.29 is 19.2 Å². The van der Waals surface area contributed by atoms with Crippen molar-refractivity contribution in [3.63, 3.8) is 0 Å². The minimum absolute atomic E-state index is 0.0191. The fourth-order valence-corrected chi connectivity index (χ4v) is 4.19. The molecule has 1 atom stereocenters. The molecule has 2 aliphatic rings. The van der Waals surface area contributed by atoms with Crippen LogP contribution in [0.2, 0.25) is 0 Å². The van der Waals surface area contributed by atoms with E-state index < -0.39 is 0 Å². The van der Waals surface area contributed by atoms with Gasteiger partial charge in [0.25, 0.3) is 0 Å². The number of carbonyl (C=O) groups excluding carboxylic acids is 2. The highest BCUT2D eigenvalue weighted by Crippen LogP contribution is 2.25. The lowest BCUT2D eigenvalue weighted by atomic mass is 10.2. The van der Waals surface area contributed by atoms with E-state index in [2.05, 4.69) is 29.6 Å². The highest BCUT2D eigenvalue weighted by Gasteiger charge is 2.33. The van der Waals surface area contributed by atoms with Gasteiger partial charge in [0.2, 0.25) is 5.91 Å². The van der Waals surface area contributed by atoms with Crippen molar-refractivity contribution in [3.05, 3.63) is 60.2 Å². The summed E-state index contributed by atoms with van der Waals surface area (Å²) >= 11 is 0. The van der Waals surface area contributed by atoms with Crippen molar-refractivity contribution in [2.45, 2.75) is 19.0 Å². The van der Waals surface area contributed by atoms with Crippen LogP contribution < -0.4 is 19.9 Å². The Morgan fingerprint density at radius 1 is 1.13 bits per heavy atom. The standard InChI is InChI=1S/C23H28N4O3/c1-30-21-9-5-8-20(15-21)27-17-19(14-22(27)28)24-23(29)26-12-10-25(11-13-26)16-18-6-3-2-4-7-18/h2-9,15,19H,10-14,16-17H2,1H3,(H,24,29)/p+1/t19-/m1/s1. The van der Waals surface area contributed by atoms with Gasteiger partial charge in [0, 0.05) is 30.3 Å². The van der Waals surface area contributed by atoms with E-state index >= 15 is 0 Å². The first kappa shape index (κ1) is 20.2. The van der Waals surface area contributed by atoms with Crippen LogP contribution in [0.4, 0.5) is 10.5 Å². The van der Waals surface area contributed by atoms with Gasteiger partial charge in [-0.25, -0.2) is 4.79 Å². The lowest BCUT2D eigenvalue weighted by molar-refractivity contribution is -0.917. The van der Waals surface area contributed by atoms with Crippen LogP contribution in [-0.4, -0.2) is 62.7 Å². The van der Waals surface area contributed by atoms with E-state index in [0.717, 1.165) is 38.4 Å². The molecule has 2 aromatic carbocycles. The number of quaternary nitrogens is 1. The summed E-state index contributed by atoms with van der Waals surface area (Å²) in [5, 5.41) is 3.06. The van der Waals surface area contributed by atoms with E-state index in [1.54, 1.807) is 12.0 Å². The molecule has 0 aliphatic carbocycles. The zero-order chi connectivity index (χ0) is 20.9. The van der Waals surface area contributed by atoms with E-state index in [1.807, 2.05) is 35.2 Å². The Morgan fingerprint density at radius 2 is 1.90 bits per heavy atom. The molecule has 2 aliphatic heterocycles. The fraction of sp³-hybridized carbons (Fsp3) is 0.391. The van der Waals surface area contributed by atoms with Gasteiger partial charge in [0.1, 0.15) is 12.3 Å². The smallest absolute Gasteiger partial charge is 0.318 e. The van der Waals surface area contributed by atoms with Crippen LogP contribution in [0.1, 0.15) is 12.0 Å². The molecule has 158 valence electrons. The topological polar surface area (TPSA) is 66.3 Å². The van der Waals surface area contributed by atoms with Crippen LogP contribution in [0, 0.1) is 0 Å². The SMILES string of the molecule is COc1cccc(N2C[C@H](NC(=O)N3CC[NH+](Cc4ccccc4)CC3)CC2=O)c1. The van der Waals surface area contributed by atoms with Gasteiger partial charge in [-0.05, 0) is 12.1 Å². The Morgan fingerprint density at radius 3 is 2.63 bits per heavy atom. The van der Waals surface area contributed by atoms with Gasteiger partial charge in [0.15, 0.2) is 0 Å². The number of ether oxygens (including phenoxy) is 1. The Labute approximate surface area is 177 Å². The van der Waals surface area contributed by atoms with Gasteiger partial charge >= 0.3 is 6.03 Å². The summed E-state index contributed by atoms with van der Waals surface area (Å²) in [5.74, 6) is 0.731. The number of nitrogens with one attached hydrogen (secondary N) is 2. The highest BCUT2D eigenvalue weighted by molar-refractivity contribution is 5.97. The van der Waals surface area contributed by atoms with Crippen LogP contribution >= 0.6 is 0 Å². The Kier molecular flexibility index (Phi) is 6.18. The Bertz CT molecular complexity index is 881. The molecule has 2 aromatic rings. The number of nitrogens with zero attached hydrogens (tertiary/aromatic N) is 2. The number of hydrogen-bond donors (Lipinski definition) is 2. The number of benzene rings is 2. The first-order valence-electron chi connectivity index (χ1n) is 10.5. The van der Waals surface area contributed by atoms with Gasteiger partial charge in [-0.3, -0.25) is 4.79 Å². The quantitative estimate of drug-likeness (QED) is 0.772. The molecule has 2 saturated heterocycles. The van der Waals surface area contributed by atoms with Gasteiger partial charge in [-0.15, -0.1) is 0 Å². The molecule has 7 nitrogen and oxygen atoms in total. The molecular formula is C23H29N4O3+. The van der Waals surface area contributed by atoms with Gasteiger partial charge in [0.05, 0.1) is 39.3 Å². The van der Waals surface area contributed by atoms with Gasteiger partial charge in [-0.1, -0.05) is 36.4 Å². The maximum absolute atomic E-state index is 12.7. The average Bonchev–Trinajstić information content (AvgIpc) is 3.15. The molecule has 0 radical (unpaired) electrons. The third kappa shape index (κ3) is 4.74. The van der Waals surface area contributed by atoms with Crippen molar-refractivity contribution in [1.82, 2.24) is 10.2 Å². The molecule has 0 bridgehead atoms. The lowest BCUT2D eigenvalue weighted by Crippen LogP contribution is -3.13. The molecule has 2 N–H and O–H groups in total.